The van der Waals surface area contributed by atoms with Crippen LogP contribution in [0.25, 0.3) is 0 Å². The minimum atomic E-state index is -0.479. The number of nitrogens with zero attached hydrogens (tertiary/aromatic N) is 1. The molecule has 24 heavy (non-hydrogen) atoms. The van der Waals surface area contributed by atoms with Crippen molar-refractivity contribution < 1.29 is 19.2 Å². The van der Waals surface area contributed by atoms with E-state index in [2.05, 4.69) is 0 Å². The second kappa shape index (κ2) is 8.10. The standard InChI is InChI=1S/C18H19NO5/c1-13(2)16-5-3-4-6-17(16)24-18(20)11-12-23-15-9-7-14(8-10-15)19(21)22/h3-10,13H,11-12H2,1-2H3. The van der Waals surface area contributed by atoms with Crippen LogP contribution in [0.3, 0.4) is 0 Å². The highest BCUT2D eigenvalue weighted by atomic mass is 16.6. The third-order valence-electron chi connectivity index (χ3n) is 3.39. The van der Waals surface area contributed by atoms with Gasteiger partial charge in [0.05, 0.1) is 18.0 Å². The van der Waals surface area contributed by atoms with Gasteiger partial charge in [0.15, 0.2) is 0 Å². The lowest BCUT2D eigenvalue weighted by Gasteiger charge is -2.12. The highest BCUT2D eigenvalue weighted by molar-refractivity contribution is 5.73. The summed E-state index contributed by atoms with van der Waals surface area (Å²) in [6.45, 7) is 4.20. The van der Waals surface area contributed by atoms with E-state index >= 15 is 0 Å². The van der Waals surface area contributed by atoms with Gasteiger partial charge in [-0.25, -0.2) is 0 Å². The highest BCUT2D eigenvalue weighted by Gasteiger charge is 2.11. The molecule has 0 spiro atoms. The van der Waals surface area contributed by atoms with Gasteiger partial charge in [0.2, 0.25) is 0 Å². The van der Waals surface area contributed by atoms with Gasteiger partial charge in [0, 0.05) is 12.1 Å². The zero-order valence-electron chi connectivity index (χ0n) is 13.6. The van der Waals surface area contributed by atoms with E-state index in [1.807, 2.05) is 32.0 Å². The minimum Gasteiger partial charge on any atom is -0.493 e. The fourth-order valence-corrected chi connectivity index (χ4v) is 2.14. The number of hydrogen-bond acceptors (Lipinski definition) is 5. The van der Waals surface area contributed by atoms with Crippen LogP contribution < -0.4 is 9.47 Å². The Morgan fingerprint density at radius 3 is 2.42 bits per heavy atom. The largest absolute Gasteiger partial charge is 0.493 e. The Morgan fingerprint density at radius 2 is 1.79 bits per heavy atom. The van der Waals surface area contributed by atoms with Crippen molar-refractivity contribution in [2.45, 2.75) is 26.2 Å². The van der Waals surface area contributed by atoms with Crippen LogP contribution in [-0.4, -0.2) is 17.5 Å². The molecule has 0 aromatic heterocycles. The second-order valence-corrected chi connectivity index (χ2v) is 5.52. The fourth-order valence-electron chi connectivity index (χ4n) is 2.14. The third-order valence-corrected chi connectivity index (χ3v) is 3.39. The maximum absolute atomic E-state index is 11.9. The molecule has 126 valence electrons. The van der Waals surface area contributed by atoms with Crippen molar-refractivity contribution in [1.29, 1.82) is 0 Å². The van der Waals surface area contributed by atoms with Gasteiger partial charge in [-0.3, -0.25) is 14.9 Å². The van der Waals surface area contributed by atoms with E-state index in [1.165, 1.54) is 24.3 Å². The monoisotopic (exact) mass is 329 g/mol. The minimum absolute atomic E-state index is 0.00736. The van der Waals surface area contributed by atoms with Crippen molar-refractivity contribution in [2.75, 3.05) is 6.61 Å². The van der Waals surface area contributed by atoms with Crippen LogP contribution in [0.15, 0.2) is 48.5 Å². The molecule has 0 aliphatic heterocycles. The quantitative estimate of drug-likeness (QED) is 0.331. The molecule has 0 heterocycles. The number of benzene rings is 2. The highest BCUT2D eigenvalue weighted by Crippen LogP contribution is 2.26. The molecule has 0 saturated heterocycles. The van der Waals surface area contributed by atoms with Crippen molar-refractivity contribution in [3.8, 4) is 11.5 Å². The normalized spacial score (nSPS) is 10.5. The number of esters is 1. The zero-order chi connectivity index (χ0) is 17.5. The van der Waals surface area contributed by atoms with Gasteiger partial charge in [-0.1, -0.05) is 32.0 Å². The van der Waals surface area contributed by atoms with Gasteiger partial charge >= 0.3 is 5.97 Å². The Labute approximate surface area is 140 Å². The first-order valence-electron chi connectivity index (χ1n) is 7.64. The van der Waals surface area contributed by atoms with Crippen molar-refractivity contribution in [3.63, 3.8) is 0 Å². The number of ether oxygens (including phenoxy) is 2. The molecule has 6 heteroatoms. The molecule has 2 aromatic rings. The van der Waals surface area contributed by atoms with E-state index in [0.29, 0.717) is 11.5 Å². The summed E-state index contributed by atoms with van der Waals surface area (Å²) in [7, 11) is 0. The van der Waals surface area contributed by atoms with Crippen LogP contribution >= 0.6 is 0 Å². The molecule has 0 amide bonds. The second-order valence-electron chi connectivity index (χ2n) is 5.52. The number of carbonyl (C=O) groups excluding carboxylic acids is 1. The van der Waals surface area contributed by atoms with E-state index in [4.69, 9.17) is 9.47 Å². The lowest BCUT2D eigenvalue weighted by atomic mass is 10.0. The predicted octanol–water partition coefficient (Wildman–Crippen LogP) is 4.09. The van der Waals surface area contributed by atoms with Crippen LogP contribution in [0, 0.1) is 10.1 Å². The van der Waals surface area contributed by atoms with Gasteiger partial charge in [-0.15, -0.1) is 0 Å². The number of non-ortho nitro benzene ring substituents is 1. The summed E-state index contributed by atoms with van der Waals surface area (Å²) < 4.78 is 10.8. The van der Waals surface area contributed by atoms with Crippen molar-refractivity contribution >= 4 is 11.7 Å². The summed E-state index contributed by atoms with van der Waals surface area (Å²) in [5.41, 5.74) is 0.967. The molecule has 6 nitrogen and oxygen atoms in total. The first-order valence-corrected chi connectivity index (χ1v) is 7.64. The van der Waals surface area contributed by atoms with Crippen molar-refractivity contribution in [2.24, 2.45) is 0 Å². The average molecular weight is 329 g/mol. The van der Waals surface area contributed by atoms with Crippen molar-refractivity contribution in [3.05, 3.63) is 64.2 Å². The summed E-state index contributed by atoms with van der Waals surface area (Å²) in [5.74, 6) is 0.902. The predicted molar refractivity (Wildman–Crippen MR) is 89.4 cm³/mol. The smallest absolute Gasteiger partial charge is 0.314 e. The number of hydrogen-bond donors (Lipinski definition) is 0. The van der Waals surface area contributed by atoms with Crippen LogP contribution in [0.2, 0.25) is 0 Å². The van der Waals surface area contributed by atoms with Gasteiger partial charge in [-0.2, -0.15) is 0 Å². The Hall–Kier alpha value is -2.89. The summed E-state index contributed by atoms with van der Waals surface area (Å²) in [4.78, 5) is 22.0. The van der Waals surface area contributed by atoms with Crippen LogP contribution in [0.1, 0.15) is 31.7 Å². The van der Waals surface area contributed by atoms with E-state index in [1.54, 1.807) is 6.07 Å². The van der Waals surface area contributed by atoms with Crippen molar-refractivity contribution in [1.82, 2.24) is 0 Å². The average Bonchev–Trinajstić information content (AvgIpc) is 2.55. The number of carbonyl (C=O) groups is 1. The van der Waals surface area contributed by atoms with E-state index in [0.717, 1.165) is 5.56 Å². The molecule has 2 aromatic carbocycles. The number of nitro groups is 1. The molecule has 0 fully saturated rings. The van der Waals surface area contributed by atoms with Crippen LogP contribution in [0.5, 0.6) is 11.5 Å². The maximum Gasteiger partial charge on any atom is 0.314 e. The number of para-hydroxylation sites is 1. The molecule has 0 N–H and O–H groups in total. The third kappa shape index (κ3) is 4.81. The van der Waals surface area contributed by atoms with Gasteiger partial charge in [0.25, 0.3) is 5.69 Å². The van der Waals surface area contributed by atoms with E-state index in [9.17, 15) is 14.9 Å². The molecule has 0 saturated carbocycles. The molecule has 0 radical (unpaired) electrons. The Morgan fingerprint density at radius 1 is 1.12 bits per heavy atom. The molecular formula is C18H19NO5. The first-order chi connectivity index (χ1) is 11.5. The van der Waals surface area contributed by atoms with E-state index < -0.39 is 4.92 Å². The van der Waals surface area contributed by atoms with E-state index in [-0.39, 0.29) is 30.6 Å². The lowest BCUT2D eigenvalue weighted by Crippen LogP contribution is -2.13. The van der Waals surface area contributed by atoms with Gasteiger partial charge in [-0.05, 0) is 29.7 Å². The summed E-state index contributed by atoms with van der Waals surface area (Å²) in [6, 6.07) is 13.1. The molecule has 0 bridgehead atoms. The molecular weight excluding hydrogens is 310 g/mol. The molecule has 0 unspecified atom stereocenters. The maximum atomic E-state index is 11.9. The molecule has 0 aliphatic carbocycles. The Kier molecular flexibility index (Phi) is 5.89. The Balaban J connectivity index is 1.84. The number of nitro benzene ring substituents is 1. The first kappa shape index (κ1) is 17.5. The summed E-state index contributed by atoms with van der Waals surface area (Å²) in [6.07, 6.45) is 0.0867. The lowest BCUT2D eigenvalue weighted by molar-refractivity contribution is -0.384. The molecule has 2 rings (SSSR count). The Bertz CT molecular complexity index is 710. The summed E-state index contributed by atoms with van der Waals surface area (Å²) >= 11 is 0. The SMILES string of the molecule is CC(C)c1ccccc1OC(=O)CCOc1ccc([N+](=O)[O-])cc1. The van der Waals surface area contributed by atoms with Gasteiger partial charge < -0.3 is 9.47 Å². The topological polar surface area (TPSA) is 78.7 Å². The molecule has 0 aliphatic rings. The fraction of sp³-hybridized carbons (Fsp3) is 0.278. The molecule has 0 atom stereocenters. The van der Waals surface area contributed by atoms with Gasteiger partial charge in [0.1, 0.15) is 11.5 Å². The summed E-state index contributed by atoms with van der Waals surface area (Å²) in [5, 5.41) is 10.6. The van der Waals surface area contributed by atoms with Crippen LogP contribution in [-0.2, 0) is 4.79 Å². The zero-order valence-corrected chi connectivity index (χ0v) is 13.6. The number of rotatable bonds is 7. The van der Waals surface area contributed by atoms with Crippen LogP contribution in [0.4, 0.5) is 5.69 Å².